The summed E-state index contributed by atoms with van der Waals surface area (Å²) in [6.45, 7) is 6.23. The summed E-state index contributed by atoms with van der Waals surface area (Å²) >= 11 is 0. The number of rotatable bonds is 39. The maximum absolute atomic E-state index is 12.7. The van der Waals surface area contributed by atoms with E-state index in [-0.39, 0.29) is 31.1 Å². The monoisotopic (exact) mass is 803 g/mol. The molecule has 1 atom stereocenters. The van der Waals surface area contributed by atoms with Crippen LogP contribution >= 0.6 is 0 Å². The maximum Gasteiger partial charge on any atom is 0.306 e. The van der Waals surface area contributed by atoms with Crippen LogP contribution in [0.4, 0.5) is 0 Å². The van der Waals surface area contributed by atoms with Crippen LogP contribution in [-0.2, 0) is 28.6 Å². The molecule has 58 heavy (non-hydrogen) atoms. The van der Waals surface area contributed by atoms with Gasteiger partial charge in [-0.25, -0.2) is 0 Å². The average Bonchev–Trinajstić information content (AvgIpc) is 3.22. The summed E-state index contributed by atoms with van der Waals surface area (Å²) in [5.41, 5.74) is 0. The lowest BCUT2D eigenvalue weighted by Gasteiger charge is -2.18. The van der Waals surface area contributed by atoms with E-state index in [2.05, 4.69) is 81.5 Å². The first-order valence-corrected chi connectivity index (χ1v) is 23.0. The van der Waals surface area contributed by atoms with E-state index in [0.29, 0.717) is 19.3 Å². The molecule has 0 radical (unpaired) electrons. The Hall–Kier alpha value is -3.93. The fourth-order valence-electron chi connectivity index (χ4n) is 5.74. The van der Waals surface area contributed by atoms with Crippen molar-refractivity contribution in [3.63, 3.8) is 0 Å². The van der Waals surface area contributed by atoms with Crippen molar-refractivity contribution in [1.82, 2.24) is 0 Å². The van der Waals surface area contributed by atoms with Crippen molar-refractivity contribution in [3.05, 3.63) is 109 Å². The van der Waals surface area contributed by atoms with Gasteiger partial charge in [-0.1, -0.05) is 194 Å². The van der Waals surface area contributed by atoms with Crippen LogP contribution < -0.4 is 0 Å². The van der Waals surface area contributed by atoms with Crippen LogP contribution in [0.2, 0.25) is 0 Å². The maximum atomic E-state index is 12.7. The van der Waals surface area contributed by atoms with Crippen molar-refractivity contribution < 1.29 is 28.6 Å². The number of carbonyl (C=O) groups is 3. The number of allylic oxidation sites excluding steroid dienone is 18. The Bertz CT molecular complexity index is 1240. The van der Waals surface area contributed by atoms with Crippen molar-refractivity contribution in [3.8, 4) is 0 Å². The van der Waals surface area contributed by atoms with Crippen molar-refractivity contribution in [1.29, 1.82) is 0 Å². The largest absolute Gasteiger partial charge is 0.462 e. The van der Waals surface area contributed by atoms with E-state index in [1.54, 1.807) is 0 Å². The lowest BCUT2D eigenvalue weighted by atomic mass is 10.1. The molecule has 326 valence electrons. The molecule has 6 nitrogen and oxygen atoms in total. The second-order valence-corrected chi connectivity index (χ2v) is 14.7. The highest BCUT2D eigenvalue weighted by molar-refractivity contribution is 5.71. The number of hydrogen-bond acceptors (Lipinski definition) is 6. The first-order valence-electron chi connectivity index (χ1n) is 23.0. The van der Waals surface area contributed by atoms with Crippen molar-refractivity contribution in [2.45, 2.75) is 187 Å². The number of unbranched alkanes of at least 4 members (excludes halogenated alkanes) is 16. The molecule has 0 saturated carbocycles. The number of hydrogen-bond donors (Lipinski definition) is 0. The Labute approximate surface area is 355 Å². The van der Waals surface area contributed by atoms with Gasteiger partial charge in [0.1, 0.15) is 13.2 Å². The zero-order valence-electron chi connectivity index (χ0n) is 37.0. The third-order valence-electron chi connectivity index (χ3n) is 9.18. The van der Waals surface area contributed by atoms with Gasteiger partial charge in [-0.3, -0.25) is 14.4 Å². The lowest BCUT2D eigenvalue weighted by molar-refractivity contribution is -0.167. The van der Waals surface area contributed by atoms with Gasteiger partial charge in [0.15, 0.2) is 6.10 Å². The molecule has 0 aromatic rings. The van der Waals surface area contributed by atoms with E-state index in [4.69, 9.17) is 14.2 Å². The van der Waals surface area contributed by atoms with Crippen LogP contribution in [0, 0.1) is 0 Å². The summed E-state index contributed by atoms with van der Waals surface area (Å²) in [6, 6.07) is 0. The highest BCUT2D eigenvalue weighted by atomic mass is 16.6. The fourth-order valence-corrected chi connectivity index (χ4v) is 5.74. The van der Waals surface area contributed by atoms with Crippen molar-refractivity contribution in [2.24, 2.45) is 0 Å². The summed E-state index contributed by atoms with van der Waals surface area (Å²) < 4.78 is 16.7. The second-order valence-electron chi connectivity index (χ2n) is 14.7. The third kappa shape index (κ3) is 43.2. The summed E-state index contributed by atoms with van der Waals surface area (Å²) in [6.07, 6.45) is 60.6. The SMILES string of the molecule is CC\C=C/C=C\C=C/C=C\CCCCCCCC(=O)OCC(COC(=O)CCCCCC/C=C\CCCC)OC(=O)CCCCCCC\C=C/C=C\C=C/C=C\CC. The Balaban J connectivity index is 4.50. The summed E-state index contributed by atoms with van der Waals surface area (Å²) in [4.78, 5) is 37.8. The van der Waals surface area contributed by atoms with Gasteiger partial charge in [0.05, 0.1) is 0 Å². The van der Waals surface area contributed by atoms with Gasteiger partial charge in [0, 0.05) is 19.3 Å². The molecule has 0 aromatic heterocycles. The molecule has 0 aromatic carbocycles. The Morgan fingerprint density at radius 3 is 1.10 bits per heavy atom. The van der Waals surface area contributed by atoms with Crippen molar-refractivity contribution >= 4 is 17.9 Å². The second kappa shape index (κ2) is 45.8. The van der Waals surface area contributed by atoms with E-state index < -0.39 is 6.10 Å². The Morgan fingerprint density at radius 1 is 0.362 bits per heavy atom. The summed E-state index contributed by atoms with van der Waals surface area (Å²) in [5.74, 6) is -0.977. The Morgan fingerprint density at radius 2 is 0.690 bits per heavy atom. The molecule has 0 bridgehead atoms. The number of carbonyl (C=O) groups excluding carboxylic acids is 3. The zero-order chi connectivity index (χ0) is 42.3. The third-order valence-corrected chi connectivity index (χ3v) is 9.18. The molecule has 0 aliphatic heterocycles. The van der Waals surface area contributed by atoms with Crippen LogP contribution in [0.15, 0.2) is 109 Å². The lowest BCUT2D eigenvalue weighted by Crippen LogP contribution is -2.30. The minimum Gasteiger partial charge on any atom is -0.462 e. The summed E-state index contributed by atoms with van der Waals surface area (Å²) in [5, 5.41) is 0. The minimum absolute atomic E-state index is 0.105. The zero-order valence-corrected chi connectivity index (χ0v) is 37.0. The van der Waals surface area contributed by atoms with Crippen LogP contribution in [0.5, 0.6) is 0 Å². The van der Waals surface area contributed by atoms with Gasteiger partial charge in [-0.15, -0.1) is 0 Å². The molecule has 0 rings (SSSR count). The molecule has 0 spiro atoms. The number of esters is 3. The molecule has 0 N–H and O–H groups in total. The molecule has 0 aliphatic rings. The van der Waals surface area contributed by atoms with Gasteiger partial charge >= 0.3 is 17.9 Å². The molecular weight excluding hydrogens is 721 g/mol. The van der Waals surface area contributed by atoms with Gasteiger partial charge < -0.3 is 14.2 Å². The predicted octanol–water partition coefficient (Wildman–Crippen LogP) is 14.8. The van der Waals surface area contributed by atoms with E-state index in [0.717, 1.165) is 128 Å². The van der Waals surface area contributed by atoms with Crippen LogP contribution in [0.1, 0.15) is 181 Å². The molecule has 6 heteroatoms. The van der Waals surface area contributed by atoms with Gasteiger partial charge in [-0.05, 0) is 77.0 Å². The first kappa shape index (κ1) is 54.1. The van der Waals surface area contributed by atoms with Gasteiger partial charge in [0.2, 0.25) is 0 Å². The van der Waals surface area contributed by atoms with Crippen LogP contribution in [0.25, 0.3) is 0 Å². The smallest absolute Gasteiger partial charge is 0.306 e. The molecule has 0 aliphatic carbocycles. The fraction of sp³-hybridized carbons (Fsp3) is 0.596. The van der Waals surface area contributed by atoms with E-state index >= 15 is 0 Å². The topological polar surface area (TPSA) is 78.9 Å². The molecule has 0 fully saturated rings. The quantitative estimate of drug-likeness (QED) is 0.0202. The van der Waals surface area contributed by atoms with E-state index in [9.17, 15) is 14.4 Å². The van der Waals surface area contributed by atoms with E-state index in [1.807, 2.05) is 48.6 Å². The normalized spacial score (nSPS) is 13.1. The highest BCUT2D eigenvalue weighted by Gasteiger charge is 2.19. The predicted molar refractivity (Wildman–Crippen MR) is 247 cm³/mol. The molecule has 0 heterocycles. The van der Waals surface area contributed by atoms with Crippen LogP contribution in [0.3, 0.4) is 0 Å². The number of ether oxygens (including phenoxy) is 3. The molecule has 0 amide bonds. The van der Waals surface area contributed by atoms with E-state index in [1.165, 1.54) is 12.8 Å². The van der Waals surface area contributed by atoms with Crippen molar-refractivity contribution in [2.75, 3.05) is 13.2 Å². The van der Waals surface area contributed by atoms with Crippen LogP contribution in [-0.4, -0.2) is 37.2 Å². The Kier molecular flexibility index (Phi) is 42.7. The minimum atomic E-state index is -0.805. The molecule has 1 unspecified atom stereocenters. The molecular formula is C52H82O6. The molecule has 0 saturated heterocycles. The summed E-state index contributed by atoms with van der Waals surface area (Å²) in [7, 11) is 0. The first-order chi connectivity index (χ1) is 28.5. The van der Waals surface area contributed by atoms with Gasteiger partial charge in [-0.2, -0.15) is 0 Å². The van der Waals surface area contributed by atoms with Gasteiger partial charge in [0.25, 0.3) is 0 Å². The average molecular weight is 803 g/mol. The highest BCUT2D eigenvalue weighted by Crippen LogP contribution is 2.12. The standard InChI is InChI=1S/C52H82O6/c1-4-7-10-13-16-19-22-24-26-28-30-33-36-39-42-45-51(54)57-48-49(47-56-50(53)44-41-38-35-32-21-18-15-12-9-6-3)58-52(55)46-43-40-37-34-31-29-27-25-23-20-17-14-11-8-5-2/h7-8,10-11,13-20,22-27,49H,4-6,9,12,21,28-48H2,1-3H3/b10-7-,11-8-,16-13-,17-14-,18-15-,22-19-,23-20-,26-24-,27-25-.